The molecular weight excluding hydrogens is 232 g/mol. The second kappa shape index (κ2) is 5.73. The topological polar surface area (TPSA) is 15.3 Å². The second-order valence-electron chi connectivity index (χ2n) is 7.85. The van der Waals surface area contributed by atoms with Gasteiger partial charge in [-0.1, -0.05) is 39.5 Å². The molecule has 2 aliphatic carbocycles. The van der Waals surface area contributed by atoms with Crippen molar-refractivity contribution in [1.82, 2.24) is 10.2 Å². The normalized spacial score (nSPS) is 31.4. The lowest BCUT2D eigenvalue weighted by Gasteiger charge is -2.47. The van der Waals surface area contributed by atoms with Crippen LogP contribution in [0.15, 0.2) is 0 Å². The predicted molar refractivity (Wildman–Crippen MR) is 81.4 cm³/mol. The minimum absolute atomic E-state index is 0.497. The molecule has 3 aliphatic rings. The average molecular weight is 264 g/mol. The van der Waals surface area contributed by atoms with Crippen molar-refractivity contribution < 1.29 is 0 Å². The van der Waals surface area contributed by atoms with Crippen LogP contribution in [0.5, 0.6) is 0 Å². The Hall–Kier alpha value is -0.0800. The highest BCUT2D eigenvalue weighted by molar-refractivity contribution is 5.01. The van der Waals surface area contributed by atoms with Crippen molar-refractivity contribution in [3.8, 4) is 0 Å². The number of nitrogens with one attached hydrogen (secondary N) is 1. The molecule has 1 spiro atoms. The fourth-order valence-electron chi connectivity index (χ4n) is 4.22. The van der Waals surface area contributed by atoms with Crippen molar-refractivity contribution in [3.05, 3.63) is 0 Å². The number of nitrogens with zero attached hydrogens (tertiary/aromatic N) is 1. The van der Waals surface area contributed by atoms with Crippen LogP contribution in [0.25, 0.3) is 0 Å². The van der Waals surface area contributed by atoms with E-state index in [1.807, 2.05) is 0 Å². The first kappa shape index (κ1) is 13.9. The van der Waals surface area contributed by atoms with Crippen LogP contribution in [0.1, 0.15) is 65.2 Å². The Bertz CT molecular complexity index is 290. The molecule has 1 atom stereocenters. The zero-order valence-electron chi connectivity index (χ0n) is 13.0. The van der Waals surface area contributed by atoms with Crippen molar-refractivity contribution in [2.45, 2.75) is 76.8 Å². The van der Waals surface area contributed by atoms with Crippen molar-refractivity contribution in [3.63, 3.8) is 0 Å². The van der Waals surface area contributed by atoms with Gasteiger partial charge in [-0.3, -0.25) is 4.90 Å². The summed E-state index contributed by atoms with van der Waals surface area (Å²) in [6.07, 6.45) is 11.6. The van der Waals surface area contributed by atoms with Crippen LogP contribution in [0.2, 0.25) is 0 Å². The third-order valence-electron chi connectivity index (χ3n) is 5.56. The fourth-order valence-corrected chi connectivity index (χ4v) is 4.22. The summed E-state index contributed by atoms with van der Waals surface area (Å²) in [7, 11) is 0. The van der Waals surface area contributed by atoms with Crippen molar-refractivity contribution in [1.29, 1.82) is 0 Å². The molecule has 3 fully saturated rings. The Balaban J connectivity index is 1.60. The van der Waals surface area contributed by atoms with E-state index in [2.05, 4.69) is 24.1 Å². The molecule has 0 radical (unpaired) electrons. The minimum atomic E-state index is 0.497. The van der Waals surface area contributed by atoms with Gasteiger partial charge in [0, 0.05) is 24.7 Å². The van der Waals surface area contributed by atoms with Gasteiger partial charge < -0.3 is 5.32 Å². The van der Waals surface area contributed by atoms with Gasteiger partial charge in [-0.2, -0.15) is 0 Å². The Labute approximate surface area is 119 Å². The Morgan fingerprint density at radius 3 is 2.58 bits per heavy atom. The maximum Gasteiger partial charge on any atom is 0.0309 e. The van der Waals surface area contributed by atoms with E-state index in [0.29, 0.717) is 5.54 Å². The molecule has 1 unspecified atom stereocenters. The first-order chi connectivity index (χ1) is 9.17. The molecule has 2 nitrogen and oxygen atoms in total. The van der Waals surface area contributed by atoms with Gasteiger partial charge in [0.05, 0.1) is 0 Å². The number of hydrogen-bond donors (Lipinski definition) is 1. The zero-order chi connectivity index (χ0) is 13.3. The number of piperazine rings is 1. The molecule has 0 bridgehead atoms. The first-order valence-electron chi connectivity index (χ1n) is 8.66. The summed E-state index contributed by atoms with van der Waals surface area (Å²) in [6, 6.07) is 0.796. The lowest BCUT2D eigenvalue weighted by atomic mass is 9.89. The van der Waals surface area contributed by atoms with E-state index in [1.54, 1.807) is 0 Å². The quantitative estimate of drug-likeness (QED) is 0.818. The molecule has 1 heterocycles. The van der Waals surface area contributed by atoms with E-state index in [-0.39, 0.29) is 0 Å². The second-order valence-corrected chi connectivity index (χ2v) is 7.85. The Kier molecular flexibility index (Phi) is 4.19. The van der Waals surface area contributed by atoms with Gasteiger partial charge in [0.2, 0.25) is 0 Å². The monoisotopic (exact) mass is 264 g/mol. The highest BCUT2D eigenvalue weighted by Gasteiger charge is 2.41. The molecule has 110 valence electrons. The largest absolute Gasteiger partial charge is 0.308 e. The van der Waals surface area contributed by atoms with Crippen LogP contribution in [0.4, 0.5) is 0 Å². The van der Waals surface area contributed by atoms with E-state index in [1.165, 1.54) is 71.0 Å². The fraction of sp³-hybridized carbons (Fsp3) is 1.00. The summed E-state index contributed by atoms with van der Waals surface area (Å²) in [5.74, 6) is 1.90. The van der Waals surface area contributed by atoms with Gasteiger partial charge in [-0.25, -0.2) is 0 Å². The summed E-state index contributed by atoms with van der Waals surface area (Å²) >= 11 is 0. The van der Waals surface area contributed by atoms with E-state index < -0.39 is 0 Å². The van der Waals surface area contributed by atoms with Crippen LogP contribution >= 0.6 is 0 Å². The summed E-state index contributed by atoms with van der Waals surface area (Å²) in [5.41, 5.74) is 0.497. The average Bonchev–Trinajstić information content (AvgIpc) is 3.10. The van der Waals surface area contributed by atoms with Gasteiger partial charge in [-0.15, -0.1) is 0 Å². The van der Waals surface area contributed by atoms with E-state index >= 15 is 0 Å². The molecule has 1 saturated heterocycles. The van der Waals surface area contributed by atoms with Crippen LogP contribution in [0, 0.1) is 11.8 Å². The van der Waals surface area contributed by atoms with Gasteiger partial charge in [0.15, 0.2) is 0 Å². The van der Waals surface area contributed by atoms with Gasteiger partial charge in [-0.05, 0) is 44.1 Å². The van der Waals surface area contributed by atoms with Crippen molar-refractivity contribution in [2.75, 3.05) is 19.6 Å². The summed E-state index contributed by atoms with van der Waals surface area (Å²) in [4.78, 5) is 2.86. The molecule has 2 heteroatoms. The number of hydrogen-bond acceptors (Lipinski definition) is 2. The first-order valence-corrected chi connectivity index (χ1v) is 8.66. The highest BCUT2D eigenvalue weighted by Crippen LogP contribution is 2.36. The van der Waals surface area contributed by atoms with Gasteiger partial charge >= 0.3 is 0 Å². The molecule has 2 saturated carbocycles. The van der Waals surface area contributed by atoms with E-state index in [4.69, 9.17) is 0 Å². The zero-order valence-corrected chi connectivity index (χ0v) is 13.0. The molecular formula is C17H32N2. The summed E-state index contributed by atoms with van der Waals surface area (Å²) in [5, 5.41) is 3.94. The SMILES string of the molecule is CC(C)CC1CNC2(CCCC2)CN1CCC1CC1. The van der Waals surface area contributed by atoms with E-state index in [0.717, 1.165) is 17.9 Å². The Morgan fingerprint density at radius 1 is 1.21 bits per heavy atom. The van der Waals surface area contributed by atoms with Gasteiger partial charge in [0.25, 0.3) is 0 Å². The standard InChI is InChI=1S/C17H32N2/c1-14(2)11-16-12-18-17(8-3-4-9-17)13-19(16)10-7-15-5-6-15/h14-16,18H,3-13H2,1-2H3. The maximum atomic E-state index is 3.94. The van der Waals surface area contributed by atoms with E-state index in [9.17, 15) is 0 Å². The third-order valence-corrected chi connectivity index (χ3v) is 5.56. The molecule has 0 amide bonds. The number of rotatable bonds is 5. The molecule has 1 aliphatic heterocycles. The summed E-state index contributed by atoms with van der Waals surface area (Å²) in [6.45, 7) is 8.68. The smallest absolute Gasteiger partial charge is 0.0309 e. The molecule has 0 aromatic rings. The minimum Gasteiger partial charge on any atom is -0.308 e. The highest BCUT2D eigenvalue weighted by atomic mass is 15.3. The molecule has 19 heavy (non-hydrogen) atoms. The van der Waals surface area contributed by atoms with Gasteiger partial charge in [0.1, 0.15) is 0 Å². The molecule has 0 aromatic heterocycles. The molecule has 3 rings (SSSR count). The maximum absolute atomic E-state index is 3.94. The van der Waals surface area contributed by atoms with Crippen LogP contribution < -0.4 is 5.32 Å². The summed E-state index contributed by atoms with van der Waals surface area (Å²) < 4.78 is 0. The van der Waals surface area contributed by atoms with Crippen LogP contribution in [-0.2, 0) is 0 Å². The lowest BCUT2D eigenvalue weighted by molar-refractivity contribution is 0.0672. The molecule has 1 N–H and O–H groups in total. The Morgan fingerprint density at radius 2 is 1.95 bits per heavy atom. The van der Waals surface area contributed by atoms with Crippen molar-refractivity contribution in [2.24, 2.45) is 11.8 Å². The van der Waals surface area contributed by atoms with Crippen LogP contribution in [0.3, 0.4) is 0 Å². The van der Waals surface area contributed by atoms with Crippen molar-refractivity contribution >= 4 is 0 Å². The van der Waals surface area contributed by atoms with Crippen LogP contribution in [-0.4, -0.2) is 36.1 Å². The lowest BCUT2D eigenvalue weighted by Crippen LogP contribution is -2.63. The third kappa shape index (κ3) is 3.52. The predicted octanol–water partition coefficient (Wildman–Crippen LogP) is 3.42. The molecule has 0 aromatic carbocycles.